The van der Waals surface area contributed by atoms with Crippen molar-refractivity contribution in [2.45, 2.75) is 78.6 Å². The van der Waals surface area contributed by atoms with Crippen LogP contribution in [0.2, 0.25) is 0 Å². The molecular weight excluding hydrogens is 709 g/mol. The first-order valence-corrected chi connectivity index (χ1v) is 20.1. The second kappa shape index (κ2) is 13.2. The van der Waals surface area contributed by atoms with Crippen LogP contribution in [0.4, 0.5) is 0 Å². The van der Waals surface area contributed by atoms with Crippen LogP contribution in [-0.4, -0.2) is 24.1 Å². The maximum atomic E-state index is 10.9. The molecule has 6 aromatic carbocycles. The highest BCUT2D eigenvalue weighted by molar-refractivity contribution is 6.10. The van der Waals surface area contributed by atoms with Crippen molar-refractivity contribution in [3.05, 3.63) is 150 Å². The molecule has 0 aliphatic carbocycles. The van der Waals surface area contributed by atoms with Crippen LogP contribution in [0, 0.1) is 11.3 Å². The fourth-order valence-electron chi connectivity index (χ4n) is 8.36. The molecule has 9 aromatic rings. The summed E-state index contributed by atoms with van der Waals surface area (Å²) >= 11 is 0. The van der Waals surface area contributed by atoms with Crippen molar-refractivity contribution in [2.75, 3.05) is 0 Å². The standard InChI is InChI=1S/C52H48N6/c1-50(2,3)34-23-26-45-39(29-34)40-30-35(51(4,5)6)24-27-46(40)57(45)42-25-22-32(28-33(42)31-53)47-54-48(38-18-10-13-19-41(38)52(7,8)9)56-49(55-47)58-43-20-14-11-16-36(43)37-17-12-15-21-44(37)58/h10-30H,1-9H3. The normalized spacial score (nSPS) is 12.6. The molecule has 3 heterocycles. The molecule has 0 atom stereocenters. The predicted octanol–water partition coefficient (Wildman–Crippen LogP) is 13.2. The lowest BCUT2D eigenvalue weighted by atomic mass is 9.83. The molecular formula is C52H48N6. The van der Waals surface area contributed by atoms with E-state index in [0.717, 1.165) is 55.2 Å². The van der Waals surface area contributed by atoms with Crippen molar-refractivity contribution in [2.24, 2.45) is 0 Å². The van der Waals surface area contributed by atoms with E-state index in [4.69, 9.17) is 15.0 Å². The highest BCUT2D eigenvalue weighted by atomic mass is 15.2. The molecule has 3 aromatic heterocycles. The number of nitriles is 1. The van der Waals surface area contributed by atoms with E-state index in [-0.39, 0.29) is 16.2 Å². The number of para-hydroxylation sites is 2. The van der Waals surface area contributed by atoms with Gasteiger partial charge in [0.2, 0.25) is 5.95 Å². The van der Waals surface area contributed by atoms with Gasteiger partial charge in [-0.25, -0.2) is 4.98 Å². The second-order valence-corrected chi connectivity index (χ2v) is 18.6. The molecule has 0 unspecified atom stereocenters. The molecule has 6 heteroatoms. The summed E-state index contributed by atoms with van der Waals surface area (Å²) in [7, 11) is 0. The molecule has 58 heavy (non-hydrogen) atoms. The van der Waals surface area contributed by atoms with Crippen molar-refractivity contribution in [3.63, 3.8) is 0 Å². The van der Waals surface area contributed by atoms with E-state index < -0.39 is 0 Å². The topological polar surface area (TPSA) is 72.3 Å². The molecule has 0 aliphatic heterocycles. The maximum absolute atomic E-state index is 10.9. The van der Waals surface area contributed by atoms with Crippen LogP contribution < -0.4 is 0 Å². The van der Waals surface area contributed by atoms with Crippen molar-refractivity contribution in [3.8, 4) is 40.5 Å². The van der Waals surface area contributed by atoms with E-state index in [9.17, 15) is 5.26 Å². The molecule has 0 spiro atoms. The summed E-state index contributed by atoms with van der Waals surface area (Å²) in [6, 6.07) is 47.3. The number of benzene rings is 6. The molecule has 0 fully saturated rings. The van der Waals surface area contributed by atoms with Gasteiger partial charge < -0.3 is 4.57 Å². The third kappa shape index (κ3) is 6.14. The fraction of sp³-hybridized carbons (Fsp3) is 0.231. The average Bonchev–Trinajstić information content (AvgIpc) is 3.71. The lowest BCUT2D eigenvalue weighted by molar-refractivity contribution is 0.590. The van der Waals surface area contributed by atoms with Crippen molar-refractivity contribution in [1.82, 2.24) is 24.1 Å². The average molecular weight is 757 g/mol. The number of fused-ring (bicyclic) bond motifs is 6. The van der Waals surface area contributed by atoms with Crippen LogP contribution in [0.1, 0.15) is 84.6 Å². The lowest BCUT2D eigenvalue weighted by Crippen LogP contribution is -2.14. The number of hydrogen-bond donors (Lipinski definition) is 0. The molecule has 0 saturated carbocycles. The van der Waals surface area contributed by atoms with Crippen LogP contribution in [0.25, 0.3) is 78.0 Å². The molecule has 0 aliphatic rings. The molecule has 0 amide bonds. The fourth-order valence-corrected chi connectivity index (χ4v) is 8.36. The van der Waals surface area contributed by atoms with E-state index >= 15 is 0 Å². The minimum atomic E-state index is -0.157. The first-order valence-electron chi connectivity index (χ1n) is 20.1. The minimum absolute atomic E-state index is 0.0153. The Morgan fingerprint density at radius 2 is 0.983 bits per heavy atom. The smallest absolute Gasteiger partial charge is 0.238 e. The van der Waals surface area contributed by atoms with E-state index in [2.05, 4.69) is 187 Å². The number of hydrogen-bond acceptors (Lipinski definition) is 4. The zero-order valence-corrected chi connectivity index (χ0v) is 34.8. The van der Waals surface area contributed by atoms with E-state index in [0.29, 0.717) is 23.2 Å². The van der Waals surface area contributed by atoms with Gasteiger partial charge in [-0.3, -0.25) is 4.57 Å². The highest BCUT2D eigenvalue weighted by Crippen LogP contribution is 2.40. The SMILES string of the molecule is CC(C)(C)c1ccc2c(c1)c1cc(C(C)(C)C)ccc1n2-c1ccc(-c2nc(-c3ccccc3C(C)(C)C)nc(-n3c4ccccc4c4ccccc43)n2)cc1C#N. The zero-order chi connectivity index (χ0) is 40.7. The quantitative estimate of drug-likeness (QED) is 0.179. The number of aromatic nitrogens is 5. The van der Waals surface area contributed by atoms with Crippen LogP contribution in [0.3, 0.4) is 0 Å². The Hall–Kier alpha value is -6.58. The van der Waals surface area contributed by atoms with Crippen molar-refractivity contribution < 1.29 is 0 Å². The Morgan fingerprint density at radius 1 is 0.466 bits per heavy atom. The molecule has 0 radical (unpaired) electrons. The van der Waals surface area contributed by atoms with Gasteiger partial charge in [0.05, 0.1) is 33.3 Å². The van der Waals surface area contributed by atoms with Gasteiger partial charge in [0.15, 0.2) is 11.6 Å². The molecule has 9 rings (SSSR count). The summed E-state index contributed by atoms with van der Waals surface area (Å²) in [4.78, 5) is 15.7. The van der Waals surface area contributed by atoms with Gasteiger partial charge in [-0.15, -0.1) is 0 Å². The maximum Gasteiger partial charge on any atom is 0.238 e. The molecule has 286 valence electrons. The summed E-state index contributed by atoms with van der Waals surface area (Å²) in [6.07, 6.45) is 0. The molecule has 6 nitrogen and oxygen atoms in total. The summed E-state index contributed by atoms with van der Waals surface area (Å²) in [5, 5.41) is 15.5. The Balaban J connectivity index is 1.29. The Kier molecular flexibility index (Phi) is 8.46. The van der Waals surface area contributed by atoms with Gasteiger partial charge in [-0.05, 0) is 87.5 Å². The first-order chi connectivity index (χ1) is 27.6. The minimum Gasteiger partial charge on any atom is -0.308 e. The molecule has 0 N–H and O–H groups in total. The summed E-state index contributed by atoms with van der Waals surface area (Å²) in [5.74, 6) is 1.61. The second-order valence-electron chi connectivity index (χ2n) is 18.6. The number of rotatable bonds is 4. The third-order valence-electron chi connectivity index (χ3n) is 11.5. The van der Waals surface area contributed by atoms with Crippen LogP contribution in [-0.2, 0) is 16.2 Å². The van der Waals surface area contributed by atoms with Gasteiger partial charge in [-0.2, -0.15) is 15.2 Å². The van der Waals surface area contributed by atoms with Gasteiger partial charge >= 0.3 is 0 Å². The van der Waals surface area contributed by atoms with E-state index in [1.165, 1.54) is 21.9 Å². The predicted molar refractivity (Wildman–Crippen MR) is 240 cm³/mol. The van der Waals surface area contributed by atoms with Crippen molar-refractivity contribution in [1.29, 1.82) is 5.26 Å². The monoisotopic (exact) mass is 756 g/mol. The van der Waals surface area contributed by atoms with Crippen LogP contribution in [0.5, 0.6) is 0 Å². The number of nitrogens with zero attached hydrogens (tertiary/aromatic N) is 6. The Labute approximate surface area is 340 Å². The largest absolute Gasteiger partial charge is 0.308 e. The third-order valence-corrected chi connectivity index (χ3v) is 11.5. The lowest BCUT2D eigenvalue weighted by Gasteiger charge is -2.22. The zero-order valence-electron chi connectivity index (χ0n) is 34.8. The molecule has 0 bridgehead atoms. The Bertz CT molecular complexity index is 3010. The summed E-state index contributed by atoms with van der Waals surface area (Å²) < 4.78 is 4.38. The van der Waals surface area contributed by atoms with Crippen LogP contribution >= 0.6 is 0 Å². The first kappa shape index (κ1) is 37.0. The van der Waals surface area contributed by atoms with Crippen LogP contribution in [0.15, 0.2) is 127 Å². The van der Waals surface area contributed by atoms with Gasteiger partial charge in [0.25, 0.3) is 0 Å². The van der Waals surface area contributed by atoms with Gasteiger partial charge in [-0.1, -0.05) is 135 Å². The summed E-state index contributed by atoms with van der Waals surface area (Å²) in [5.41, 5.74) is 10.7. The van der Waals surface area contributed by atoms with Gasteiger partial charge in [0.1, 0.15) is 6.07 Å². The summed E-state index contributed by atoms with van der Waals surface area (Å²) in [6.45, 7) is 20.1. The van der Waals surface area contributed by atoms with E-state index in [1.807, 2.05) is 18.2 Å². The highest BCUT2D eigenvalue weighted by Gasteiger charge is 2.25. The molecule has 0 saturated heterocycles. The Morgan fingerprint density at radius 3 is 1.53 bits per heavy atom. The van der Waals surface area contributed by atoms with E-state index in [1.54, 1.807) is 0 Å². The van der Waals surface area contributed by atoms with Crippen molar-refractivity contribution >= 4 is 43.6 Å². The van der Waals surface area contributed by atoms with Gasteiger partial charge in [0, 0.05) is 32.7 Å².